The summed E-state index contributed by atoms with van der Waals surface area (Å²) in [6, 6.07) is 3.66. The molecule has 1 saturated carbocycles. The molecular weight excluding hydrogens is 366 g/mol. The van der Waals surface area contributed by atoms with Crippen LogP contribution in [0.3, 0.4) is 0 Å². The van der Waals surface area contributed by atoms with Crippen molar-refractivity contribution in [3.63, 3.8) is 0 Å². The zero-order valence-corrected chi connectivity index (χ0v) is 15.4. The van der Waals surface area contributed by atoms with Crippen molar-refractivity contribution in [2.24, 2.45) is 23.7 Å². The van der Waals surface area contributed by atoms with Gasteiger partial charge < -0.3 is 9.73 Å². The molecule has 0 radical (unpaired) electrons. The fourth-order valence-corrected chi connectivity index (χ4v) is 5.15. The second-order valence-electron chi connectivity index (χ2n) is 7.26. The molecule has 2 bridgehead atoms. The van der Waals surface area contributed by atoms with Gasteiger partial charge in [-0.1, -0.05) is 12.2 Å². The molecule has 1 saturated heterocycles. The van der Waals surface area contributed by atoms with Crippen molar-refractivity contribution in [3.8, 4) is 11.5 Å². The van der Waals surface area contributed by atoms with E-state index in [9.17, 15) is 14.4 Å². The minimum atomic E-state index is -0.423. The molecule has 1 aliphatic heterocycles. The van der Waals surface area contributed by atoms with Gasteiger partial charge in [0.15, 0.2) is 10.9 Å². The van der Waals surface area contributed by atoms with E-state index in [0.717, 1.165) is 17.1 Å². The zero-order chi connectivity index (χ0) is 18.7. The van der Waals surface area contributed by atoms with Crippen molar-refractivity contribution >= 4 is 34.2 Å². The van der Waals surface area contributed by atoms with E-state index in [1.165, 1.54) is 11.3 Å². The van der Waals surface area contributed by atoms with Gasteiger partial charge in [-0.3, -0.25) is 19.3 Å². The number of nitrogens with zero attached hydrogens (tertiary/aromatic N) is 2. The summed E-state index contributed by atoms with van der Waals surface area (Å²) >= 11 is 1.27. The Balaban J connectivity index is 1.26. The maximum atomic E-state index is 12.6. The highest BCUT2D eigenvalue weighted by Crippen LogP contribution is 2.52. The highest BCUT2D eigenvalue weighted by atomic mass is 32.1. The number of anilines is 1. The molecule has 27 heavy (non-hydrogen) atoms. The van der Waals surface area contributed by atoms with E-state index in [0.29, 0.717) is 16.6 Å². The van der Waals surface area contributed by atoms with Gasteiger partial charge in [0.2, 0.25) is 17.7 Å². The quantitative estimate of drug-likeness (QED) is 0.647. The van der Waals surface area contributed by atoms with Gasteiger partial charge in [-0.05, 0) is 37.3 Å². The molecule has 3 amide bonds. The number of nitrogens with one attached hydrogen (secondary N) is 1. The van der Waals surface area contributed by atoms with Crippen molar-refractivity contribution < 1.29 is 18.8 Å². The third-order valence-electron chi connectivity index (χ3n) is 5.61. The van der Waals surface area contributed by atoms with Crippen LogP contribution in [-0.2, 0) is 14.4 Å². The monoisotopic (exact) mass is 383 g/mol. The molecule has 1 N–H and O–H groups in total. The number of thiazole rings is 1. The van der Waals surface area contributed by atoms with E-state index in [-0.39, 0.29) is 42.0 Å². The predicted octanol–water partition coefficient (Wildman–Crippen LogP) is 2.46. The largest absolute Gasteiger partial charge is 0.460 e. The molecule has 138 valence electrons. The smallest absolute Gasteiger partial charge is 0.246 e. The molecule has 2 aromatic rings. The number of fused-ring (bicyclic) bond motifs is 5. The van der Waals surface area contributed by atoms with Crippen LogP contribution in [0, 0.1) is 30.6 Å². The lowest BCUT2D eigenvalue weighted by Gasteiger charge is -2.16. The summed E-state index contributed by atoms with van der Waals surface area (Å²) in [6.45, 7) is 1.58. The summed E-state index contributed by atoms with van der Waals surface area (Å²) in [4.78, 5) is 43.1. The Bertz CT molecular complexity index is 961. The normalized spacial score (nSPS) is 28.3. The van der Waals surface area contributed by atoms with E-state index >= 15 is 0 Å². The van der Waals surface area contributed by atoms with Crippen LogP contribution >= 0.6 is 11.3 Å². The molecule has 3 heterocycles. The second kappa shape index (κ2) is 5.88. The molecule has 5 rings (SSSR count). The highest BCUT2D eigenvalue weighted by Gasteiger charge is 2.59. The number of carbonyl (C=O) groups is 3. The zero-order valence-electron chi connectivity index (χ0n) is 14.5. The topological polar surface area (TPSA) is 92.5 Å². The number of rotatable bonds is 4. The molecule has 0 spiro atoms. The van der Waals surface area contributed by atoms with Gasteiger partial charge in [0, 0.05) is 5.38 Å². The Kier molecular flexibility index (Phi) is 3.58. The predicted molar refractivity (Wildman–Crippen MR) is 97.6 cm³/mol. The number of furan rings is 1. The molecule has 0 aromatic carbocycles. The van der Waals surface area contributed by atoms with Crippen LogP contribution in [0.25, 0.3) is 11.5 Å². The summed E-state index contributed by atoms with van der Waals surface area (Å²) in [6.07, 6.45) is 4.95. The maximum absolute atomic E-state index is 12.6. The van der Waals surface area contributed by atoms with Crippen LogP contribution in [0.15, 0.2) is 34.1 Å². The first-order valence-corrected chi connectivity index (χ1v) is 9.75. The number of hydrogen-bond acceptors (Lipinski definition) is 6. The lowest BCUT2D eigenvalue weighted by molar-refractivity contribution is -0.143. The number of carbonyl (C=O) groups excluding carboxylic acids is 3. The molecular formula is C19H17N3O4S. The van der Waals surface area contributed by atoms with Crippen molar-refractivity contribution in [1.82, 2.24) is 9.88 Å². The van der Waals surface area contributed by atoms with Crippen molar-refractivity contribution in [1.29, 1.82) is 0 Å². The maximum Gasteiger partial charge on any atom is 0.246 e. The molecule has 7 nitrogen and oxygen atoms in total. The minimum Gasteiger partial charge on any atom is -0.460 e. The van der Waals surface area contributed by atoms with Gasteiger partial charge in [-0.15, -0.1) is 11.3 Å². The first kappa shape index (κ1) is 16.4. The van der Waals surface area contributed by atoms with Gasteiger partial charge in [-0.2, -0.15) is 0 Å². The molecule has 2 fully saturated rings. The van der Waals surface area contributed by atoms with Crippen molar-refractivity contribution in [2.45, 2.75) is 13.3 Å². The molecule has 2 aliphatic carbocycles. The summed E-state index contributed by atoms with van der Waals surface area (Å²) < 4.78 is 5.52. The molecule has 2 aromatic heterocycles. The number of imide groups is 1. The van der Waals surface area contributed by atoms with Crippen LogP contribution in [-0.4, -0.2) is 34.2 Å². The van der Waals surface area contributed by atoms with Gasteiger partial charge in [0.25, 0.3) is 0 Å². The Labute approximate surface area is 159 Å². The average molecular weight is 383 g/mol. The van der Waals surface area contributed by atoms with Crippen molar-refractivity contribution in [3.05, 3.63) is 35.4 Å². The third-order valence-corrected chi connectivity index (χ3v) is 6.36. The van der Waals surface area contributed by atoms with Gasteiger partial charge in [0.1, 0.15) is 18.0 Å². The Morgan fingerprint density at radius 2 is 1.96 bits per heavy atom. The summed E-state index contributed by atoms with van der Waals surface area (Å²) in [5, 5.41) is 4.87. The summed E-state index contributed by atoms with van der Waals surface area (Å²) in [5.74, 6) is 0.265. The number of aromatic nitrogens is 1. The van der Waals surface area contributed by atoms with Gasteiger partial charge in [-0.25, -0.2) is 4.98 Å². The number of allylic oxidation sites excluding steroid dienone is 2. The molecule has 3 aliphatic rings. The van der Waals surface area contributed by atoms with Gasteiger partial charge in [0.05, 0.1) is 11.8 Å². The van der Waals surface area contributed by atoms with E-state index in [4.69, 9.17) is 4.42 Å². The number of likely N-dealkylation sites (tertiary alicyclic amines) is 1. The molecule has 0 unspecified atom stereocenters. The summed E-state index contributed by atoms with van der Waals surface area (Å²) in [5.41, 5.74) is 0.633. The van der Waals surface area contributed by atoms with Crippen LogP contribution in [0.4, 0.5) is 5.13 Å². The Morgan fingerprint density at radius 3 is 2.59 bits per heavy atom. The van der Waals surface area contributed by atoms with E-state index in [1.54, 1.807) is 5.38 Å². The van der Waals surface area contributed by atoms with E-state index in [1.807, 2.05) is 31.2 Å². The van der Waals surface area contributed by atoms with Crippen LogP contribution in [0.2, 0.25) is 0 Å². The SMILES string of the molecule is Cc1ccc(-c2csc(NC(=O)CN3C(=O)[C@@H]4[C@H](C3=O)[C@@H]3C=C[C@@H]4C3)n2)o1. The lowest BCUT2D eigenvalue weighted by atomic mass is 9.85. The van der Waals surface area contributed by atoms with E-state index < -0.39 is 5.91 Å². The van der Waals surface area contributed by atoms with Crippen LogP contribution in [0.5, 0.6) is 0 Å². The van der Waals surface area contributed by atoms with Crippen LogP contribution in [0.1, 0.15) is 12.2 Å². The fourth-order valence-electron chi connectivity index (χ4n) is 4.44. The van der Waals surface area contributed by atoms with Crippen LogP contribution < -0.4 is 5.32 Å². The van der Waals surface area contributed by atoms with E-state index in [2.05, 4.69) is 10.3 Å². The van der Waals surface area contributed by atoms with Crippen molar-refractivity contribution in [2.75, 3.05) is 11.9 Å². The standard InChI is InChI=1S/C19H17N3O4S/c1-9-2-5-13(26-9)12-8-27-19(20-12)21-14(23)7-22-17(24)15-10-3-4-11(6-10)16(15)18(22)25/h2-5,8,10-11,15-16H,6-7H2,1H3,(H,20,21,23)/t10-,11-,15-,16+/m1/s1. The first-order chi connectivity index (χ1) is 13.0. The number of aryl methyl sites for hydroxylation is 1. The van der Waals surface area contributed by atoms with Gasteiger partial charge >= 0.3 is 0 Å². The minimum absolute atomic E-state index is 0.141. The average Bonchev–Trinajstić information content (AvgIpc) is 3.42. The lowest BCUT2D eigenvalue weighted by Crippen LogP contribution is -2.39. The number of hydrogen-bond donors (Lipinski definition) is 1. The number of amides is 3. The Hall–Kier alpha value is -2.74. The first-order valence-electron chi connectivity index (χ1n) is 8.87. The second-order valence-corrected chi connectivity index (χ2v) is 8.12. The third kappa shape index (κ3) is 2.55. The highest BCUT2D eigenvalue weighted by molar-refractivity contribution is 7.14. The Morgan fingerprint density at radius 1 is 1.26 bits per heavy atom. The summed E-state index contributed by atoms with van der Waals surface area (Å²) in [7, 11) is 0. The fraction of sp³-hybridized carbons (Fsp3) is 0.368. The molecule has 8 heteroatoms. The molecule has 4 atom stereocenters.